The van der Waals surface area contributed by atoms with E-state index in [0.29, 0.717) is 16.9 Å². The average Bonchev–Trinajstić information content (AvgIpc) is 3.19. The van der Waals surface area contributed by atoms with Crippen molar-refractivity contribution in [1.29, 1.82) is 0 Å². The number of fused-ring (bicyclic) bond motifs is 1. The normalized spacial score (nSPS) is 11.2. The molecule has 4 rings (SSSR count). The minimum Gasteiger partial charge on any atom is -0.436 e. The fraction of sp³-hybridized carbons (Fsp3) is 0.158. The number of rotatable bonds is 4. The zero-order chi connectivity index (χ0) is 17.4. The van der Waals surface area contributed by atoms with Crippen LogP contribution >= 0.6 is 22.9 Å². The highest BCUT2D eigenvalue weighted by Gasteiger charge is 2.13. The van der Waals surface area contributed by atoms with E-state index in [1.807, 2.05) is 36.4 Å². The maximum atomic E-state index is 5.95. The standard InChI is InChI=1S/C19H16ClN3OS/c1-11-6-7-17-16(8-11)23-18(24-17)14-4-3-5-15(12(14)2)21-9-13-10-22-19(20)25-13/h3-8,10,21H,9H2,1-2H3. The smallest absolute Gasteiger partial charge is 0.227 e. The number of benzene rings is 2. The van der Waals surface area contributed by atoms with Crippen molar-refractivity contribution >= 4 is 39.7 Å². The van der Waals surface area contributed by atoms with E-state index in [4.69, 9.17) is 16.0 Å². The van der Waals surface area contributed by atoms with Gasteiger partial charge in [0.15, 0.2) is 10.0 Å². The molecule has 0 fully saturated rings. The van der Waals surface area contributed by atoms with E-state index in [1.165, 1.54) is 16.9 Å². The number of thiazole rings is 1. The van der Waals surface area contributed by atoms with Crippen molar-refractivity contribution in [3.8, 4) is 11.5 Å². The molecule has 0 spiro atoms. The van der Waals surface area contributed by atoms with Gasteiger partial charge in [-0.05, 0) is 49.2 Å². The van der Waals surface area contributed by atoms with Crippen LogP contribution in [0.25, 0.3) is 22.6 Å². The largest absolute Gasteiger partial charge is 0.436 e. The van der Waals surface area contributed by atoms with Crippen LogP contribution in [0.4, 0.5) is 5.69 Å². The first kappa shape index (κ1) is 16.1. The Morgan fingerprint density at radius 1 is 1.20 bits per heavy atom. The van der Waals surface area contributed by atoms with E-state index in [2.05, 4.69) is 29.1 Å². The molecule has 0 unspecified atom stereocenters. The molecule has 0 amide bonds. The molecule has 2 heterocycles. The molecule has 2 aromatic heterocycles. The number of halogens is 1. The molecule has 4 aromatic rings. The maximum Gasteiger partial charge on any atom is 0.227 e. The van der Waals surface area contributed by atoms with Crippen LogP contribution in [-0.4, -0.2) is 9.97 Å². The summed E-state index contributed by atoms with van der Waals surface area (Å²) in [5.41, 5.74) is 5.98. The van der Waals surface area contributed by atoms with Crippen molar-refractivity contribution in [2.75, 3.05) is 5.32 Å². The predicted molar refractivity (Wildman–Crippen MR) is 103 cm³/mol. The number of nitrogens with one attached hydrogen (secondary N) is 1. The van der Waals surface area contributed by atoms with Gasteiger partial charge in [-0.2, -0.15) is 0 Å². The number of aryl methyl sites for hydroxylation is 1. The summed E-state index contributed by atoms with van der Waals surface area (Å²) >= 11 is 7.37. The number of aromatic nitrogens is 2. The molecule has 0 saturated heterocycles. The van der Waals surface area contributed by atoms with Crippen molar-refractivity contribution in [2.45, 2.75) is 20.4 Å². The molecule has 0 saturated carbocycles. The molecular formula is C19H16ClN3OS. The third kappa shape index (κ3) is 3.25. The molecule has 2 aromatic carbocycles. The SMILES string of the molecule is Cc1ccc2oc(-c3cccc(NCc4cnc(Cl)s4)c3C)nc2c1. The Morgan fingerprint density at radius 2 is 2.08 bits per heavy atom. The lowest BCUT2D eigenvalue weighted by molar-refractivity contribution is 0.619. The third-order valence-corrected chi connectivity index (χ3v) is 5.20. The van der Waals surface area contributed by atoms with Gasteiger partial charge in [-0.15, -0.1) is 11.3 Å². The lowest BCUT2D eigenvalue weighted by Gasteiger charge is -2.10. The quantitative estimate of drug-likeness (QED) is 0.491. The second kappa shape index (κ2) is 6.50. The molecule has 25 heavy (non-hydrogen) atoms. The van der Waals surface area contributed by atoms with Crippen molar-refractivity contribution in [3.63, 3.8) is 0 Å². The summed E-state index contributed by atoms with van der Waals surface area (Å²) in [7, 11) is 0. The van der Waals surface area contributed by atoms with Crippen LogP contribution in [0.3, 0.4) is 0 Å². The Hall–Kier alpha value is -2.37. The van der Waals surface area contributed by atoms with Gasteiger partial charge in [-0.3, -0.25) is 0 Å². The van der Waals surface area contributed by atoms with E-state index < -0.39 is 0 Å². The van der Waals surface area contributed by atoms with Crippen molar-refractivity contribution in [2.24, 2.45) is 0 Å². The minimum atomic E-state index is 0.559. The predicted octanol–water partition coefficient (Wildman–Crippen LogP) is 5.83. The van der Waals surface area contributed by atoms with E-state index in [0.717, 1.165) is 32.8 Å². The summed E-state index contributed by atoms with van der Waals surface area (Å²) < 4.78 is 6.51. The highest BCUT2D eigenvalue weighted by molar-refractivity contribution is 7.15. The molecule has 6 heteroatoms. The van der Waals surface area contributed by atoms with Crippen LogP contribution in [0.2, 0.25) is 4.47 Å². The van der Waals surface area contributed by atoms with Gasteiger partial charge >= 0.3 is 0 Å². The molecule has 0 atom stereocenters. The summed E-state index contributed by atoms with van der Waals surface area (Å²) in [5.74, 6) is 0.641. The summed E-state index contributed by atoms with van der Waals surface area (Å²) in [6, 6.07) is 12.1. The van der Waals surface area contributed by atoms with Gasteiger partial charge in [-0.25, -0.2) is 9.97 Å². The third-order valence-electron chi connectivity index (χ3n) is 4.09. The van der Waals surface area contributed by atoms with E-state index in [-0.39, 0.29) is 0 Å². The molecular weight excluding hydrogens is 354 g/mol. The lowest BCUT2D eigenvalue weighted by atomic mass is 10.1. The maximum absolute atomic E-state index is 5.95. The molecule has 0 aliphatic heterocycles. The van der Waals surface area contributed by atoms with Crippen LogP contribution in [0.15, 0.2) is 47.0 Å². The number of hydrogen-bond donors (Lipinski definition) is 1. The number of oxazole rings is 1. The van der Waals surface area contributed by atoms with Gasteiger partial charge < -0.3 is 9.73 Å². The summed E-state index contributed by atoms with van der Waals surface area (Å²) in [4.78, 5) is 9.80. The molecule has 0 aliphatic carbocycles. The first-order valence-corrected chi connectivity index (χ1v) is 9.11. The minimum absolute atomic E-state index is 0.559. The highest BCUT2D eigenvalue weighted by Crippen LogP contribution is 2.31. The number of nitrogens with zero attached hydrogens (tertiary/aromatic N) is 2. The lowest BCUT2D eigenvalue weighted by Crippen LogP contribution is -2.00. The number of hydrogen-bond acceptors (Lipinski definition) is 5. The molecule has 1 N–H and O–H groups in total. The fourth-order valence-corrected chi connectivity index (χ4v) is 3.68. The van der Waals surface area contributed by atoms with Gasteiger partial charge in [0.1, 0.15) is 5.52 Å². The van der Waals surface area contributed by atoms with Gasteiger partial charge in [0.05, 0.1) is 6.54 Å². The van der Waals surface area contributed by atoms with Crippen LogP contribution < -0.4 is 5.32 Å². The van der Waals surface area contributed by atoms with Gasteiger partial charge in [0.25, 0.3) is 0 Å². The molecule has 0 aliphatic rings. The van der Waals surface area contributed by atoms with Crippen LogP contribution in [0, 0.1) is 13.8 Å². The Balaban J connectivity index is 1.65. The fourth-order valence-electron chi connectivity index (χ4n) is 2.76. The summed E-state index contributed by atoms with van der Waals surface area (Å²) in [5, 5.41) is 3.44. The second-order valence-corrected chi connectivity index (χ2v) is 7.60. The molecule has 126 valence electrons. The van der Waals surface area contributed by atoms with Gasteiger partial charge in [0, 0.05) is 22.3 Å². The Kier molecular flexibility index (Phi) is 4.19. The van der Waals surface area contributed by atoms with E-state index in [1.54, 1.807) is 6.20 Å². The molecule has 0 radical (unpaired) electrons. The molecule has 0 bridgehead atoms. The van der Waals surface area contributed by atoms with Crippen LogP contribution in [0.1, 0.15) is 16.0 Å². The van der Waals surface area contributed by atoms with E-state index in [9.17, 15) is 0 Å². The van der Waals surface area contributed by atoms with Crippen molar-refractivity contribution in [1.82, 2.24) is 9.97 Å². The van der Waals surface area contributed by atoms with Crippen LogP contribution in [-0.2, 0) is 6.54 Å². The van der Waals surface area contributed by atoms with E-state index >= 15 is 0 Å². The summed E-state index contributed by atoms with van der Waals surface area (Å²) in [6.45, 7) is 4.80. The average molecular weight is 370 g/mol. The van der Waals surface area contributed by atoms with Crippen LogP contribution in [0.5, 0.6) is 0 Å². The van der Waals surface area contributed by atoms with Crippen molar-refractivity contribution < 1.29 is 4.42 Å². The monoisotopic (exact) mass is 369 g/mol. The first-order chi connectivity index (χ1) is 12.1. The zero-order valence-electron chi connectivity index (χ0n) is 13.8. The van der Waals surface area contributed by atoms with Crippen molar-refractivity contribution in [3.05, 3.63) is 63.1 Å². The Labute approximate surface area is 154 Å². The Bertz CT molecular complexity index is 1050. The topological polar surface area (TPSA) is 51.0 Å². The van der Waals surface area contributed by atoms with Gasteiger partial charge in [0.2, 0.25) is 5.89 Å². The number of anilines is 1. The second-order valence-electron chi connectivity index (χ2n) is 5.90. The Morgan fingerprint density at radius 3 is 2.88 bits per heavy atom. The molecule has 4 nitrogen and oxygen atoms in total. The zero-order valence-corrected chi connectivity index (χ0v) is 15.4. The highest BCUT2D eigenvalue weighted by atomic mass is 35.5. The summed E-state index contributed by atoms with van der Waals surface area (Å²) in [6.07, 6.45) is 1.79. The first-order valence-electron chi connectivity index (χ1n) is 7.91. The van der Waals surface area contributed by atoms with Gasteiger partial charge in [-0.1, -0.05) is 23.7 Å².